The Morgan fingerprint density at radius 1 is 0.913 bits per heavy atom. The molecule has 23 heavy (non-hydrogen) atoms. The molecule has 4 rings (SSSR count). The minimum absolute atomic E-state index is 0.0548. The van der Waals surface area contributed by atoms with Gasteiger partial charge in [0.2, 0.25) is 5.95 Å². The molecule has 2 heterocycles. The number of anilines is 1. The molecule has 0 amide bonds. The number of aromatic nitrogens is 4. The van der Waals surface area contributed by atoms with E-state index in [0.29, 0.717) is 11.0 Å². The first-order valence-electron chi connectivity index (χ1n) is 7.26. The van der Waals surface area contributed by atoms with Crippen molar-refractivity contribution in [2.75, 3.05) is 5.32 Å². The fraction of sp³-hybridized carbons (Fsp3) is 0.188. The number of nitrogens with one attached hydrogen (secondary N) is 1. The van der Waals surface area contributed by atoms with Crippen molar-refractivity contribution in [3.05, 3.63) is 69.7 Å². The van der Waals surface area contributed by atoms with E-state index in [0.717, 1.165) is 22.6 Å². The van der Waals surface area contributed by atoms with E-state index in [1.165, 1.54) is 0 Å². The number of nitrogens with zero attached hydrogens (tertiary/aromatic N) is 4. The second-order valence-corrected chi connectivity index (χ2v) is 6.37. The van der Waals surface area contributed by atoms with Crippen LogP contribution in [0.3, 0.4) is 0 Å². The SMILES string of the molecule is Clc1ccc(C2CC(c3ccc(Cl)cc3)n3nnnc3N2)cc1. The molecule has 1 aliphatic rings. The highest BCUT2D eigenvalue weighted by Crippen LogP contribution is 2.37. The summed E-state index contributed by atoms with van der Waals surface area (Å²) < 4.78 is 1.82. The van der Waals surface area contributed by atoms with E-state index in [2.05, 4.69) is 20.8 Å². The molecule has 3 aromatic rings. The number of hydrogen-bond acceptors (Lipinski definition) is 4. The molecule has 2 atom stereocenters. The molecule has 1 aliphatic heterocycles. The van der Waals surface area contributed by atoms with Crippen molar-refractivity contribution < 1.29 is 0 Å². The number of tetrazole rings is 1. The molecular formula is C16H13Cl2N5. The van der Waals surface area contributed by atoms with Gasteiger partial charge in [-0.25, -0.2) is 4.68 Å². The van der Waals surface area contributed by atoms with Crippen LogP contribution in [0.1, 0.15) is 29.6 Å². The van der Waals surface area contributed by atoms with Crippen molar-refractivity contribution in [1.29, 1.82) is 0 Å². The normalized spacial score (nSPS) is 19.9. The Bertz CT molecular complexity index is 813. The van der Waals surface area contributed by atoms with Gasteiger partial charge in [-0.2, -0.15) is 0 Å². The number of fused-ring (bicyclic) bond motifs is 1. The van der Waals surface area contributed by atoms with Crippen LogP contribution in [0.25, 0.3) is 0 Å². The van der Waals surface area contributed by atoms with Crippen LogP contribution in [0, 0.1) is 0 Å². The number of benzene rings is 2. The van der Waals surface area contributed by atoms with E-state index in [1.54, 1.807) is 0 Å². The largest absolute Gasteiger partial charge is 0.346 e. The predicted octanol–water partition coefficient (Wildman–Crippen LogP) is 4.13. The molecule has 2 unspecified atom stereocenters. The minimum atomic E-state index is 0.0548. The Morgan fingerprint density at radius 2 is 1.52 bits per heavy atom. The van der Waals surface area contributed by atoms with Crippen LogP contribution in [-0.2, 0) is 0 Å². The van der Waals surface area contributed by atoms with E-state index in [-0.39, 0.29) is 12.1 Å². The van der Waals surface area contributed by atoms with Gasteiger partial charge in [-0.05, 0) is 52.2 Å². The molecule has 1 N–H and O–H groups in total. The zero-order chi connectivity index (χ0) is 15.8. The van der Waals surface area contributed by atoms with Crippen molar-refractivity contribution in [2.24, 2.45) is 0 Å². The van der Waals surface area contributed by atoms with E-state index >= 15 is 0 Å². The first-order chi connectivity index (χ1) is 11.2. The van der Waals surface area contributed by atoms with Crippen LogP contribution >= 0.6 is 23.2 Å². The van der Waals surface area contributed by atoms with Crippen molar-refractivity contribution in [3.8, 4) is 0 Å². The first kappa shape index (κ1) is 14.5. The lowest BCUT2D eigenvalue weighted by Crippen LogP contribution is -2.28. The lowest BCUT2D eigenvalue weighted by Gasteiger charge is -2.31. The summed E-state index contributed by atoms with van der Waals surface area (Å²) >= 11 is 12.0. The summed E-state index contributed by atoms with van der Waals surface area (Å²) in [4.78, 5) is 0. The van der Waals surface area contributed by atoms with E-state index in [9.17, 15) is 0 Å². The van der Waals surface area contributed by atoms with Gasteiger partial charge in [0.15, 0.2) is 0 Å². The van der Waals surface area contributed by atoms with Crippen molar-refractivity contribution in [2.45, 2.75) is 18.5 Å². The van der Waals surface area contributed by atoms with Gasteiger partial charge in [0, 0.05) is 10.0 Å². The summed E-state index contributed by atoms with van der Waals surface area (Å²) in [5.41, 5.74) is 2.28. The lowest BCUT2D eigenvalue weighted by atomic mass is 9.93. The third-order valence-corrected chi connectivity index (χ3v) is 4.58. The molecule has 5 nitrogen and oxygen atoms in total. The summed E-state index contributed by atoms with van der Waals surface area (Å²) in [7, 11) is 0. The highest BCUT2D eigenvalue weighted by atomic mass is 35.5. The van der Waals surface area contributed by atoms with Crippen LogP contribution in [0.2, 0.25) is 10.0 Å². The molecular weight excluding hydrogens is 333 g/mol. The van der Waals surface area contributed by atoms with Gasteiger partial charge in [0.1, 0.15) is 0 Å². The van der Waals surface area contributed by atoms with Crippen molar-refractivity contribution >= 4 is 29.2 Å². The second kappa shape index (κ2) is 5.83. The minimum Gasteiger partial charge on any atom is -0.346 e. The number of rotatable bonds is 2. The topological polar surface area (TPSA) is 55.6 Å². The summed E-state index contributed by atoms with van der Waals surface area (Å²) in [6.07, 6.45) is 0.835. The van der Waals surface area contributed by atoms with Gasteiger partial charge >= 0.3 is 0 Å². The second-order valence-electron chi connectivity index (χ2n) is 5.50. The maximum absolute atomic E-state index is 6.00. The average molecular weight is 346 g/mol. The zero-order valence-corrected chi connectivity index (χ0v) is 13.5. The summed E-state index contributed by atoms with van der Waals surface area (Å²) in [6.45, 7) is 0. The maximum atomic E-state index is 6.00. The smallest absolute Gasteiger partial charge is 0.243 e. The Labute approximate surface area is 143 Å². The van der Waals surface area contributed by atoms with Crippen molar-refractivity contribution in [1.82, 2.24) is 20.2 Å². The Hall–Kier alpha value is -2.11. The molecule has 0 saturated heterocycles. The fourth-order valence-electron chi connectivity index (χ4n) is 2.91. The maximum Gasteiger partial charge on any atom is 0.243 e. The van der Waals surface area contributed by atoms with Crippen LogP contribution in [0.15, 0.2) is 48.5 Å². The summed E-state index contributed by atoms with van der Waals surface area (Å²) in [6, 6.07) is 15.8. The van der Waals surface area contributed by atoms with Gasteiger partial charge in [-0.1, -0.05) is 52.6 Å². The highest BCUT2D eigenvalue weighted by molar-refractivity contribution is 6.30. The van der Waals surface area contributed by atoms with E-state index in [4.69, 9.17) is 23.2 Å². The van der Waals surface area contributed by atoms with Gasteiger partial charge in [0.25, 0.3) is 0 Å². The quantitative estimate of drug-likeness (QED) is 0.758. The molecule has 0 saturated carbocycles. The van der Waals surface area contributed by atoms with Crippen LogP contribution in [-0.4, -0.2) is 20.2 Å². The summed E-state index contributed by atoms with van der Waals surface area (Å²) in [5, 5.41) is 16.8. The standard InChI is InChI=1S/C16H13Cl2N5/c17-12-5-1-10(2-6-12)14-9-15(11-3-7-13(18)8-4-11)23-16(19-14)20-21-22-23/h1-8,14-15H,9H2,(H,19,20,22). The third-order valence-electron chi connectivity index (χ3n) is 4.08. The van der Waals surface area contributed by atoms with Gasteiger partial charge < -0.3 is 5.32 Å². The predicted molar refractivity (Wildman–Crippen MR) is 89.8 cm³/mol. The van der Waals surface area contributed by atoms with Crippen LogP contribution in [0.5, 0.6) is 0 Å². The number of hydrogen-bond donors (Lipinski definition) is 1. The van der Waals surface area contributed by atoms with Crippen LogP contribution in [0.4, 0.5) is 5.95 Å². The van der Waals surface area contributed by atoms with E-state index < -0.39 is 0 Å². The van der Waals surface area contributed by atoms with Crippen molar-refractivity contribution in [3.63, 3.8) is 0 Å². The molecule has 1 aromatic heterocycles. The molecule has 0 fully saturated rings. The average Bonchev–Trinajstić information content (AvgIpc) is 3.04. The summed E-state index contributed by atoms with van der Waals surface area (Å²) in [5.74, 6) is 0.663. The molecule has 7 heteroatoms. The molecule has 0 spiro atoms. The Kier molecular flexibility index (Phi) is 3.67. The highest BCUT2D eigenvalue weighted by Gasteiger charge is 2.30. The number of halogens is 2. The molecule has 0 bridgehead atoms. The van der Waals surface area contributed by atoms with Gasteiger partial charge in [-0.3, -0.25) is 0 Å². The van der Waals surface area contributed by atoms with E-state index in [1.807, 2.05) is 53.2 Å². The molecule has 0 radical (unpaired) electrons. The monoisotopic (exact) mass is 345 g/mol. The molecule has 0 aliphatic carbocycles. The third kappa shape index (κ3) is 2.78. The molecule has 2 aromatic carbocycles. The van der Waals surface area contributed by atoms with Gasteiger partial charge in [-0.15, -0.1) is 0 Å². The fourth-order valence-corrected chi connectivity index (χ4v) is 3.17. The first-order valence-corrected chi connectivity index (χ1v) is 8.01. The lowest BCUT2D eigenvalue weighted by molar-refractivity contribution is 0.424. The Morgan fingerprint density at radius 3 is 2.17 bits per heavy atom. The zero-order valence-electron chi connectivity index (χ0n) is 12.0. The molecule has 116 valence electrons. The van der Waals surface area contributed by atoms with Crippen LogP contribution < -0.4 is 5.32 Å². The van der Waals surface area contributed by atoms with Gasteiger partial charge in [0.05, 0.1) is 12.1 Å². The Balaban J connectivity index is 1.71.